The van der Waals surface area contributed by atoms with Crippen LogP contribution >= 0.6 is 11.3 Å². The summed E-state index contributed by atoms with van der Waals surface area (Å²) in [7, 11) is 0. The van der Waals surface area contributed by atoms with E-state index in [0.29, 0.717) is 11.1 Å². The molecule has 1 unspecified atom stereocenters. The number of halogens is 3. The van der Waals surface area contributed by atoms with Crippen LogP contribution < -0.4 is 5.32 Å². The van der Waals surface area contributed by atoms with E-state index in [1.165, 1.54) is 6.08 Å². The van der Waals surface area contributed by atoms with Gasteiger partial charge in [0, 0.05) is 16.5 Å². The highest BCUT2D eigenvalue weighted by Gasteiger charge is 2.33. The largest absolute Gasteiger partial charge is 0.434 e. The molecule has 0 spiro atoms. The van der Waals surface area contributed by atoms with Crippen molar-refractivity contribution in [3.05, 3.63) is 82.9 Å². The third kappa shape index (κ3) is 5.40. The fraction of sp³-hybridized carbons (Fsp3) is 0.200. The van der Waals surface area contributed by atoms with Crippen LogP contribution in [0.4, 0.5) is 18.3 Å². The van der Waals surface area contributed by atoms with Crippen molar-refractivity contribution < 1.29 is 18.0 Å². The van der Waals surface area contributed by atoms with E-state index in [2.05, 4.69) is 16.9 Å². The summed E-state index contributed by atoms with van der Waals surface area (Å²) in [5.74, 6) is -0.175. The zero-order valence-corrected chi connectivity index (χ0v) is 15.7. The van der Waals surface area contributed by atoms with Gasteiger partial charge in [-0.25, -0.2) is 4.98 Å². The van der Waals surface area contributed by atoms with Crippen LogP contribution in [0.15, 0.2) is 66.1 Å². The van der Waals surface area contributed by atoms with Gasteiger partial charge in [-0.15, -0.1) is 11.3 Å². The second kappa shape index (κ2) is 8.81. The van der Waals surface area contributed by atoms with E-state index in [9.17, 15) is 18.0 Å². The maximum atomic E-state index is 12.7. The van der Waals surface area contributed by atoms with Gasteiger partial charge in [0.25, 0.3) is 0 Å². The molecule has 7 heteroatoms. The number of anilines is 1. The third-order valence-electron chi connectivity index (χ3n) is 3.73. The first-order valence-electron chi connectivity index (χ1n) is 8.15. The van der Waals surface area contributed by atoms with Crippen LogP contribution in [0.5, 0.6) is 0 Å². The lowest BCUT2D eigenvalue weighted by Crippen LogP contribution is -2.10. The van der Waals surface area contributed by atoms with Gasteiger partial charge < -0.3 is 5.32 Å². The van der Waals surface area contributed by atoms with Crippen molar-refractivity contribution in [3.8, 4) is 0 Å². The molecule has 27 heavy (non-hydrogen) atoms. The maximum Gasteiger partial charge on any atom is 0.434 e. The first-order chi connectivity index (χ1) is 12.8. The predicted octanol–water partition coefficient (Wildman–Crippen LogP) is 6.21. The number of carbonyl (C=O) groups is 1. The van der Waals surface area contributed by atoms with Crippen LogP contribution in [-0.4, -0.2) is 10.8 Å². The summed E-state index contributed by atoms with van der Waals surface area (Å²) in [5, 5.41) is 4.09. The lowest BCUT2D eigenvalue weighted by Gasteiger charge is -2.14. The quantitative estimate of drug-likeness (QED) is 0.346. The fourth-order valence-corrected chi connectivity index (χ4v) is 3.10. The van der Waals surface area contributed by atoms with Gasteiger partial charge in [0.05, 0.1) is 6.04 Å². The molecular formula is C20H19F3N2OS. The van der Waals surface area contributed by atoms with E-state index >= 15 is 0 Å². The summed E-state index contributed by atoms with van der Waals surface area (Å²) in [6.07, 6.45) is 2.27. The minimum Gasteiger partial charge on any atom is -0.355 e. The van der Waals surface area contributed by atoms with Crippen molar-refractivity contribution in [2.24, 2.45) is 0 Å². The number of hydrogen-bond donors (Lipinski definition) is 1. The van der Waals surface area contributed by atoms with Crippen molar-refractivity contribution in [2.45, 2.75) is 26.1 Å². The number of ketones is 1. The van der Waals surface area contributed by atoms with Crippen molar-refractivity contribution in [1.29, 1.82) is 0 Å². The molecule has 1 atom stereocenters. The Hall–Kier alpha value is -2.67. The minimum atomic E-state index is -4.47. The highest BCUT2D eigenvalue weighted by Crippen LogP contribution is 2.32. The zero-order valence-electron chi connectivity index (χ0n) is 14.9. The number of Topliss-reactive ketones (excluding diaryl/α,β-unsaturated/α-hetero) is 1. The molecule has 0 saturated heterocycles. The first kappa shape index (κ1) is 20.6. The molecule has 1 aromatic carbocycles. The Kier molecular flexibility index (Phi) is 6.74. The Morgan fingerprint density at radius 2 is 2.11 bits per heavy atom. The van der Waals surface area contributed by atoms with Crippen molar-refractivity contribution in [3.63, 3.8) is 0 Å². The Morgan fingerprint density at radius 3 is 2.70 bits per heavy atom. The molecule has 142 valence electrons. The summed E-state index contributed by atoms with van der Waals surface area (Å²) in [6.45, 7) is 7.30. The average Bonchev–Trinajstić information content (AvgIpc) is 3.11. The summed E-state index contributed by atoms with van der Waals surface area (Å²) in [4.78, 5) is 16.2. The maximum absolute atomic E-state index is 12.7. The number of benzene rings is 1. The number of alkyl halides is 3. The standard InChI is InChI=1S/C20H19F3N2OS/c1-4-6-8-14(5-2)18(26)16-10-7-9-15(11-16)13(3)24-19-25-17(12-27-19)20(21,22)23/h4-13H,2H2,1,3H3,(H,24,25)/b6-4-,14-8+. The fourth-order valence-electron chi connectivity index (χ4n) is 2.29. The molecule has 1 N–H and O–H groups in total. The number of rotatable bonds is 7. The van der Waals surface area contributed by atoms with E-state index in [-0.39, 0.29) is 17.0 Å². The Morgan fingerprint density at radius 1 is 1.37 bits per heavy atom. The summed E-state index contributed by atoms with van der Waals surface area (Å²) < 4.78 is 38.0. The molecule has 0 bridgehead atoms. The van der Waals surface area contributed by atoms with Crippen LogP contribution in [0.25, 0.3) is 0 Å². The molecule has 2 aromatic rings. The van der Waals surface area contributed by atoms with E-state index in [0.717, 1.165) is 22.3 Å². The topological polar surface area (TPSA) is 42.0 Å². The van der Waals surface area contributed by atoms with Gasteiger partial charge in [-0.3, -0.25) is 4.79 Å². The number of nitrogens with one attached hydrogen (secondary N) is 1. The van der Waals surface area contributed by atoms with E-state index in [4.69, 9.17) is 0 Å². The molecule has 0 amide bonds. The molecule has 0 saturated carbocycles. The predicted molar refractivity (Wildman–Crippen MR) is 103 cm³/mol. The number of carbonyl (C=O) groups excluding carboxylic acids is 1. The number of hydrogen-bond acceptors (Lipinski definition) is 4. The van der Waals surface area contributed by atoms with Crippen molar-refractivity contribution in [2.75, 3.05) is 5.32 Å². The van der Waals surface area contributed by atoms with Crippen molar-refractivity contribution >= 4 is 22.3 Å². The minimum absolute atomic E-state index is 0.173. The zero-order chi connectivity index (χ0) is 20.0. The van der Waals surface area contributed by atoms with Crippen LogP contribution in [0.2, 0.25) is 0 Å². The third-order valence-corrected chi connectivity index (χ3v) is 4.51. The van der Waals surface area contributed by atoms with Gasteiger partial charge in [-0.1, -0.05) is 49.1 Å². The monoisotopic (exact) mass is 392 g/mol. The average molecular weight is 392 g/mol. The van der Waals surface area contributed by atoms with Gasteiger partial charge >= 0.3 is 6.18 Å². The molecule has 0 fully saturated rings. The van der Waals surface area contributed by atoms with E-state index in [1.54, 1.807) is 43.3 Å². The second-order valence-electron chi connectivity index (χ2n) is 5.71. The molecule has 1 aromatic heterocycles. The molecule has 0 aliphatic rings. The number of allylic oxidation sites excluding steroid dienone is 5. The molecule has 0 radical (unpaired) electrons. The Bertz CT molecular complexity index is 881. The first-order valence-corrected chi connectivity index (χ1v) is 9.03. The lowest BCUT2D eigenvalue weighted by molar-refractivity contribution is -0.140. The van der Waals surface area contributed by atoms with Gasteiger partial charge in [-0.2, -0.15) is 13.2 Å². The van der Waals surface area contributed by atoms with Crippen LogP contribution in [-0.2, 0) is 6.18 Å². The van der Waals surface area contributed by atoms with Crippen molar-refractivity contribution in [1.82, 2.24) is 4.98 Å². The normalized spacial score (nSPS) is 13.6. The Balaban J connectivity index is 2.20. The van der Waals surface area contributed by atoms with Crippen LogP contribution in [0, 0.1) is 0 Å². The van der Waals surface area contributed by atoms with E-state index < -0.39 is 11.9 Å². The molecular weight excluding hydrogens is 373 g/mol. The molecule has 1 heterocycles. The van der Waals surface area contributed by atoms with Gasteiger partial charge in [0.2, 0.25) is 0 Å². The molecule has 0 aliphatic heterocycles. The molecule has 2 rings (SSSR count). The molecule has 0 aliphatic carbocycles. The number of aromatic nitrogens is 1. The van der Waals surface area contributed by atoms with Gasteiger partial charge in [0.15, 0.2) is 16.6 Å². The number of nitrogens with zero attached hydrogens (tertiary/aromatic N) is 1. The van der Waals surface area contributed by atoms with Crippen LogP contribution in [0.3, 0.4) is 0 Å². The summed E-state index contributed by atoms with van der Waals surface area (Å²) in [5.41, 5.74) is 0.780. The van der Waals surface area contributed by atoms with Crippen LogP contribution in [0.1, 0.15) is 41.5 Å². The van der Waals surface area contributed by atoms with Gasteiger partial charge in [0.1, 0.15) is 0 Å². The Labute approximate surface area is 160 Å². The highest BCUT2D eigenvalue weighted by molar-refractivity contribution is 7.13. The summed E-state index contributed by atoms with van der Waals surface area (Å²) >= 11 is 0.888. The highest BCUT2D eigenvalue weighted by atomic mass is 32.1. The number of thiazole rings is 1. The van der Waals surface area contributed by atoms with E-state index in [1.807, 2.05) is 13.0 Å². The SMILES string of the molecule is C=C/C(=C\C=C/C)C(=O)c1cccc(C(C)Nc2nc(C(F)(F)F)cs2)c1. The smallest absolute Gasteiger partial charge is 0.355 e. The lowest BCUT2D eigenvalue weighted by atomic mass is 9.98. The summed E-state index contributed by atoms with van der Waals surface area (Å²) in [6, 6.07) is 6.62. The second-order valence-corrected chi connectivity index (χ2v) is 6.57. The van der Waals surface area contributed by atoms with Gasteiger partial charge in [-0.05, 0) is 25.5 Å². The molecule has 3 nitrogen and oxygen atoms in total.